The zero-order valence-corrected chi connectivity index (χ0v) is 17.7. The predicted octanol–water partition coefficient (Wildman–Crippen LogP) is 0.942. The molecule has 154 valence electrons. The Labute approximate surface area is 167 Å². The van der Waals surface area contributed by atoms with Crippen LogP contribution in [-0.2, 0) is 14.8 Å². The van der Waals surface area contributed by atoms with Crippen LogP contribution in [0.1, 0.15) is 13.8 Å². The van der Waals surface area contributed by atoms with E-state index >= 15 is 0 Å². The summed E-state index contributed by atoms with van der Waals surface area (Å²) in [6.45, 7) is 4.69. The Morgan fingerprint density at radius 2 is 1.70 bits per heavy atom. The molecular weight excluding hydrogens is 394 g/mol. The number of piperazine rings is 1. The number of carbonyl (C=O) groups is 1. The number of nitrogens with zero attached hydrogens (tertiary/aromatic N) is 2. The summed E-state index contributed by atoms with van der Waals surface area (Å²) in [5, 5.41) is 0. The summed E-state index contributed by atoms with van der Waals surface area (Å²) in [6.07, 6.45) is 0. The number of rotatable bonds is 6. The van der Waals surface area contributed by atoms with Crippen LogP contribution >= 0.6 is 12.4 Å². The van der Waals surface area contributed by atoms with Crippen molar-refractivity contribution >= 4 is 28.3 Å². The predicted molar refractivity (Wildman–Crippen MR) is 105 cm³/mol. The molecule has 2 N–H and O–H groups in total. The van der Waals surface area contributed by atoms with Crippen molar-refractivity contribution in [3.8, 4) is 11.5 Å². The molecule has 8 nitrogen and oxygen atoms in total. The summed E-state index contributed by atoms with van der Waals surface area (Å²) >= 11 is 0. The van der Waals surface area contributed by atoms with Gasteiger partial charge in [0.05, 0.1) is 20.1 Å². The highest BCUT2D eigenvalue weighted by Gasteiger charge is 2.33. The molecule has 0 aromatic heterocycles. The van der Waals surface area contributed by atoms with Crippen molar-refractivity contribution in [1.82, 2.24) is 9.21 Å². The minimum absolute atomic E-state index is 0. The summed E-state index contributed by atoms with van der Waals surface area (Å²) in [7, 11) is -0.860. The maximum atomic E-state index is 13.0. The lowest BCUT2D eigenvalue weighted by Gasteiger charge is -2.36. The van der Waals surface area contributed by atoms with Gasteiger partial charge in [0.15, 0.2) is 0 Å². The number of amides is 1. The fourth-order valence-corrected chi connectivity index (χ4v) is 4.38. The van der Waals surface area contributed by atoms with Gasteiger partial charge in [-0.1, -0.05) is 6.92 Å². The monoisotopic (exact) mass is 421 g/mol. The molecule has 0 aliphatic carbocycles. The maximum Gasteiger partial charge on any atom is 0.247 e. The van der Waals surface area contributed by atoms with Gasteiger partial charge in [-0.15, -0.1) is 12.4 Å². The van der Waals surface area contributed by atoms with Gasteiger partial charge in [0.1, 0.15) is 16.4 Å². The lowest BCUT2D eigenvalue weighted by atomic mass is 10.0. The van der Waals surface area contributed by atoms with E-state index in [0.717, 1.165) is 0 Å². The van der Waals surface area contributed by atoms with Crippen LogP contribution in [0.3, 0.4) is 0 Å². The highest BCUT2D eigenvalue weighted by molar-refractivity contribution is 7.89. The van der Waals surface area contributed by atoms with E-state index in [1.807, 2.05) is 0 Å². The third-order valence-electron chi connectivity index (χ3n) is 4.72. The second-order valence-corrected chi connectivity index (χ2v) is 8.30. The number of sulfonamides is 1. The largest absolute Gasteiger partial charge is 0.497 e. The van der Waals surface area contributed by atoms with E-state index in [0.29, 0.717) is 18.8 Å². The van der Waals surface area contributed by atoms with Gasteiger partial charge in [0.2, 0.25) is 15.9 Å². The fraction of sp³-hybridized carbons (Fsp3) is 0.588. The first-order chi connectivity index (χ1) is 12.2. The lowest BCUT2D eigenvalue weighted by Crippen LogP contribution is -2.53. The molecule has 2 unspecified atom stereocenters. The SMILES string of the molecule is COc1ccc(OC)c(S(=O)(=O)N2CCN(C(=O)C(C)C(C)N)CC2)c1.Cl. The Balaban J connectivity index is 0.00000364. The number of halogens is 1. The van der Waals surface area contributed by atoms with Crippen molar-refractivity contribution in [3.05, 3.63) is 18.2 Å². The highest BCUT2D eigenvalue weighted by Crippen LogP contribution is 2.31. The van der Waals surface area contributed by atoms with Crippen LogP contribution in [0, 0.1) is 5.92 Å². The van der Waals surface area contributed by atoms with Crippen molar-refractivity contribution in [1.29, 1.82) is 0 Å². The molecule has 1 heterocycles. The average Bonchev–Trinajstić information content (AvgIpc) is 2.66. The third kappa shape index (κ3) is 5.04. The smallest absolute Gasteiger partial charge is 0.247 e. The number of ether oxygens (including phenoxy) is 2. The quantitative estimate of drug-likeness (QED) is 0.733. The normalized spacial score (nSPS) is 17.6. The van der Waals surface area contributed by atoms with Gasteiger partial charge < -0.3 is 20.1 Å². The maximum absolute atomic E-state index is 13.0. The molecule has 27 heavy (non-hydrogen) atoms. The van der Waals surface area contributed by atoms with Crippen LogP contribution in [0.25, 0.3) is 0 Å². The van der Waals surface area contributed by atoms with E-state index in [9.17, 15) is 13.2 Å². The number of hydrogen-bond acceptors (Lipinski definition) is 6. The fourth-order valence-electron chi connectivity index (χ4n) is 2.79. The average molecular weight is 422 g/mol. The molecule has 0 saturated carbocycles. The summed E-state index contributed by atoms with van der Waals surface area (Å²) in [4.78, 5) is 14.1. The van der Waals surface area contributed by atoms with Gasteiger partial charge in [0.25, 0.3) is 0 Å². The van der Waals surface area contributed by atoms with E-state index in [1.165, 1.54) is 24.6 Å². The van der Waals surface area contributed by atoms with Crippen LogP contribution < -0.4 is 15.2 Å². The lowest BCUT2D eigenvalue weighted by molar-refractivity contribution is -0.136. The zero-order chi connectivity index (χ0) is 19.5. The Bertz CT molecular complexity index is 749. The molecule has 1 fully saturated rings. The Kier molecular flexibility index (Phi) is 8.34. The number of methoxy groups -OCH3 is 2. The van der Waals surface area contributed by atoms with Crippen molar-refractivity contribution in [2.24, 2.45) is 11.7 Å². The van der Waals surface area contributed by atoms with Crippen LogP contribution in [0.5, 0.6) is 11.5 Å². The second kappa shape index (κ2) is 9.59. The molecule has 1 aromatic rings. The minimum Gasteiger partial charge on any atom is -0.497 e. The molecule has 1 amide bonds. The number of nitrogens with two attached hydrogens (primary N) is 1. The Hall–Kier alpha value is -1.55. The number of hydrogen-bond donors (Lipinski definition) is 1. The summed E-state index contributed by atoms with van der Waals surface area (Å²) in [5.41, 5.74) is 5.80. The zero-order valence-electron chi connectivity index (χ0n) is 16.0. The van der Waals surface area contributed by atoms with Crippen molar-refractivity contribution < 1.29 is 22.7 Å². The minimum atomic E-state index is -3.76. The molecule has 2 rings (SSSR count). The van der Waals surface area contributed by atoms with Crippen molar-refractivity contribution in [2.45, 2.75) is 24.8 Å². The molecule has 10 heteroatoms. The first kappa shape index (κ1) is 23.5. The number of carbonyl (C=O) groups excluding carboxylic acids is 1. The summed E-state index contributed by atoms with van der Waals surface area (Å²) in [5.74, 6) is 0.353. The Morgan fingerprint density at radius 1 is 1.11 bits per heavy atom. The first-order valence-corrected chi connectivity index (χ1v) is 9.93. The molecule has 1 aliphatic heterocycles. The van der Waals surface area contributed by atoms with E-state index < -0.39 is 10.0 Å². The molecule has 0 spiro atoms. The van der Waals surface area contributed by atoms with Crippen LogP contribution in [-0.4, -0.2) is 70.0 Å². The second-order valence-electron chi connectivity index (χ2n) is 6.39. The van der Waals surface area contributed by atoms with Crippen LogP contribution in [0.4, 0.5) is 0 Å². The molecule has 1 aromatic carbocycles. The molecule has 1 aliphatic rings. The molecule has 0 bridgehead atoms. The molecule has 1 saturated heterocycles. The molecular formula is C17H28ClN3O5S. The molecule has 2 atom stereocenters. The van der Waals surface area contributed by atoms with Gasteiger partial charge in [-0.3, -0.25) is 4.79 Å². The number of benzene rings is 1. The Morgan fingerprint density at radius 3 is 2.19 bits per heavy atom. The third-order valence-corrected chi connectivity index (χ3v) is 6.64. The van der Waals surface area contributed by atoms with E-state index in [1.54, 1.807) is 30.9 Å². The standard InChI is InChI=1S/C17H27N3O5S.ClH/c1-12(13(2)18)17(21)19-7-9-20(10-8-19)26(22,23)16-11-14(24-3)5-6-15(16)25-4;/h5-6,11-13H,7-10,18H2,1-4H3;1H. The van der Waals surface area contributed by atoms with Crippen LogP contribution in [0.15, 0.2) is 23.1 Å². The van der Waals surface area contributed by atoms with Gasteiger partial charge in [-0.05, 0) is 19.1 Å². The van der Waals surface area contributed by atoms with Crippen molar-refractivity contribution in [3.63, 3.8) is 0 Å². The van der Waals surface area contributed by atoms with Gasteiger partial charge >= 0.3 is 0 Å². The first-order valence-electron chi connectivity index (χ1n) is 8.49. The van der Waals surface area contributed by atoms with E-state index in [2.05, 4.69) is 0 Å². The molecule has 0 radical (unpaired) electrons. The van der Waals surface area contributed by atoms with E-state index in [-0.39, 0.29) is 54.0 Å². The van der Waals surface area contributed by atoms with E-state index in [4.69, 9.17) is 15.2 Å². The van der Waals surface area contributed by atoms with Crippen molar-refractivity contribution in [2.75, 3.05) is 40.4 Å². The van der Waals surface area contributed by atoms with Gasteiger partial charge in [-0.25, -0.2) is 8.42 Å². The van der Waals surface area contributed by atoms with Gasteiger partial charge in [-0.2, -0.15) is 4.31 Å². The highest BCUT2D eigenvalue weighted by atomic mass is 35.5. The summed E-state index contributed by atoms with van der Waals surface area (Å²) in [6, 6.07) is 4.41. The van der Waals surface area contributed by atoms with Gasteiger partial charge in [0, 0.05) is 38.3 Å². The topological polar surface area (TPSA) is 102 Å². The van der Waals surface area contributed by atoms with Crippen LogP contribution in [0.2, 0.25) is 0 Å². The summed E-state index contributed by atoms with van der Waals surface area (Å²) < 4.78 is 37.7.